The molecule has 86 valence electrons. The third-order valence-electron chi connectivity index (χ3n) is 1.98. The van der Waals surface area contributed by atoms with Gasteiger partial charge in [-0.15, -0.1) is 0 Å². The molecule has 2 rings (SSSR count). The minimum absolute atomic E-state index is 0.235. The first-order chi connectivity index (χ1) is 7.79. The molecule has 2 heterocycles. The van der Waals surface area contributed by atoms with Crippen molar-refractivity contribution in [3.8, 4) is 11.6 Å². The highest BCUT2D eigenvalue weighted by atomic mass is 16.5. The van der Waals surface area contributed by atoms with Gasteiger partial charge in [0.15, 0.2) is 5.76 Å². The van der Waals surface area contributed by atoms with Crippen molar-refractivity contribution in [2.45, 2.75) is 12.5 Å². The second kappa shape index (κ2) is 4.91. The smallest absolute Gasteiger partial charge is 0.238 e. The number of rotatable bonds is 5. The number of aliphatic hydroxyl groups is 1. The van der Waals surface area contributed by atoms with Crippen molar-refractivity contribution >= 4 is 0 Å². The fourth-order valence-corrected chi connectivity index (χ4v) is 1.30. The molecule has 2 aromatic rings. The summed E-state index contributed by atoms with van der Waals surface area (Å²) in [5, 5.41) is 13.2. The molecule has 0 aromatic carbocycles. The maximum absolute atomic E-state index is 9.47. The molecule has 0 aliphatic carbocycles. The topological polar surface area (TPSA) is 81.5 Å². The molecular formula is C10H12N2O4. The molecule has 0 saturated carbocycles. The number of hydrogen-bond acceptors (Lipinski definition) is 6. The zero-order valence-electron chi connectivity index (χ0n) is 8.79. The molecule has 0 aliphatic heterocycles. The minimum atomic E-state index is -0.644. The van der Waals surface area contributed by atoms with E-state index in [-0.39, 0.29) is 13.0 Å². The van der Waals surface area contributed by atoms with Gasteiger partial charge in [0.05, 0.1) is 25.4 Å². The van der Waals surface area contributed by atoms with Crippen molar-refractivity contribution in [3.63, 3.8) is 0 Å². The van der Waals surface area contributed by atoms with Gasteiger partial charge in [-0.3, -0.25) is 0 Å². The highest BCUT2D eigenvalue weighted by molar-refractivity contribution is 5.44. The monoisotopic (exact) mass is 224 g/mol. The number of hydrogen-bond donors (Lipinski definition) is 1. The van der Waals surface area contributed by atoms with Crippen molar-refractivity contribution in [2.75, 3.05) is 13.7 Å². The van der Waals surface area contributed by atoms with Crippen molar-refractivity contribution in [2.24, 2.45) is 0 Å². The number of furan rings is 1. The molecule has 0 bridgehead atoms. The van der Waals surface area contributed by atoms with E-state index in [4.69, 9.17) is 13.7 Å². The van der Waals surface area contributed by atoms with Gasteiger partial charge in [-0.05, 0) is 12.1 Å². The van der Waals surface area contributed by atoms with E-state index in [0.717, 1.165) is 0 Å². The SMILES string of the molecule is COCC(O)Cc1nc(-c2ccco2)no1. The fraction of sp³-hybridized carbons (Fsp3) is 0.400. The molecular weight excluding hydrogens is 212 g/mol. The van der Waals surface area contributed by atoms with Crippen molar-refractivity contribution in [3.05, 3.63) is 24.3 Å². The molecule has 1 atom stereocenters. The standard InChI is InChI=1S/C10H12N2O4/c1-14-6-7(13)5-9-11-10(12-16-9)8-3-2-4-15-8/h2-4,7,13H,5-6H2,1H3. The lowest BCUT2D eigenvalue weighted by Crippen LogP contribution is -2.17. The lowest BCUT2D eigenvalue weighted by Gasteiger charge is -2.04. The first kappa shape index (κ1) is 10.8. The van der Waals surface area contributed by atoms with E-state index in [0.29, 0.717) is 17.5 Å². The molecule has 16 heavy (non-hydrogen) atoms. The second-order valence-corrected chi connectivity index (χ2v) is 3.30. The van der Waals surface area contributed by atoms with Gasteiger partial charge < -0.3 is 18.8 Å². The van der Waals surface area contributed by atoms with Crippen LogP contribution < -0.4 is 0 Å². The quantitative estimate of drug-likeness (QED) is 0.811. The van der Waals surface area contributed by atoms with Crippen LogP contribution in [0.5, 0.6) is 0 Å². The molecule has 0 spiro atoms. The third kappa shape index (κ3) is 2.47. The van der Waals surface area contributed by atoms with Crippen LogP contribution in [0.3, 0.4) is 0 Å². The van der Waals surface area contributed by atoms with E-state index in [1.54, 1.807) is 12.1 Å². The first-order valence-corrected chi connectivity index (χ1v) is 4.83. The van der Waals surface area contributed by atoms with Gasteiger partial charge in [0, 0.05) is 7.11 Å². The third-order valence-corrected chi connectivity index (χ3v) is 1.98. The summed E-state index contributed by atoms with van der Waals surface area (Å²) in [6.45, 7) is 0.235. The number of aromatic nitrogens is 2. The van der Waals surface area contributed by atoms with Crippen molar-refractivity contribution in [1.82, 2.24) is 10.1 Å². The highest BCUT2D eigenvalue weighted by Gasteiger charge is 2.14. The zero-order valence-corrected chi connectivity index (χ0v) is 8.79. The average molecular weight is 224 g/mol. The number of nitrogens with zero attached hydrogens (tertiary/aromatic N) is 2. The molecule has 2 aromatic heterocycles. The van der Waals surface area contributed by atoms with Crippen LogP contribution in [0.1, 0.15) is 5.89 Å². The lowest BCUT2D eigenvalue weighted by atomic mass is 10.3. The minimum Gasteiger partial charge on any atom is -0.461 e. The Hall–Kier alpha value is -1.66. The second-order valence-electron chi connectivity index (χ2n) is 3.30. The van der Waals surface area contributed by atoms with E-state index in [9.17, 15) is 5.11 Å². The van der Waals surface area contributed by atoms with Crippen LogP contribution in [0.15, 0.2) is 27.3 Å². The van der Waals surface area contributed by atoms with E-state index in [1.165, 1.54) is 13.4 Å². The lowest BCUT2D eigenvalue weighted by molar-refractivity contribution is 0.0599. The van der Waals surface area contributed by atoms with E-state index < -0.39 is 6.10 Å². The summed E-state index contributed by atoms with van der Waals surface area (Å²) in [6, 6.07) is 3.48. The van der Waals surface area contributed by atoms with Crippen LogP contribution in [0.2, 0.25) is 0 Å². The largest absolute Gasteiger partial charge is 0.461 e. The molecule has 6 heteroatoms. The summed E-state index contributed by atoms with van der Waals surface area (Å²) in [4.78, 5) is 4.09. The van der Waals surface area contributed by atoms with Gasteiger partial charge in [0.1, 0.15) is 0 Å². The van der Waals surface area contributed by atoms with E-state index in [1.807, 2.05) is 0 Å². The van der Waals surface area contributed by atoms with Crippen LogP contribution in [0.25, 0.3) is 11.6 Å². The summed E-state index contributed by atoms with van der Waals surface area (Å²) in [5.41, 5.74) is 0. The Labute approximate surface area is 91.8 Å². The Morgan fingerprint density at radius 3 is 3.12 bits per heavy atom. The van der Waals surface area contributed by atoms with Crippen LogP contribution in [0, 0.1) is 0 Å². The molecule has 0 radical (unpaired) electrons. The van der Waals surface area contributed by atoms with Gasteiger partial charge in [0.2, 0.25) is 11.7 Å². The molecule has 1 unspecified atom stereocenters. The van der Waals surface area contributed by atoms with Gasteiger partial charge in [0.25, 0.3) is 0 Å². The Balaban J connectivity index is 2.03. The van der Waals surface area contributed by atoms with E-state index >= 15 is 0 Å². The highest BCUT2D eigenvalue weighted by Crippen LogP contribution is 2.16. The van der Waals surface area contributed by atoms with Gasteiger partial charge in [-0.25, -0.2) is 0 Å². The molecule has 6 nitrogen and oxygen atoms in total. The number of ether oxygens (including phenoxy) is 1. The van der Waals surface area contributed by atoms with Gasteiger partial charge in [-0.1, -0.05) is 5.16 Å². The predicted molar refractivity (Wildman–Crippen MR) is 53.6 cm³/mol. The Morgan fingerprint density at radius 1 is 1.56 bits per heavy atom. The summed E-state index contributed by atoms with van der Waals surface area (Å²) in [5.74, 6) is 1.27. The summed E-state index contributed by atoms with van der Waals surface area (Å²) in [6.07, 6.45) is 1.15. The summed E-state index contributed by atoms with van der Waals surface area (Å²) in [7, 11) is 1.52. The van der Waals surface area contributed by atoms with E-state index in [2.05, 4.69) is 10.1 Å². The Morgan fingerprint density at radius 2 is 2.44 bits per heavy atom. The van der Waals surface area contributed by atoms with Crippen LogP contribution >= 0.6 is 0 Å². The summed E-state index contributed by atoms with van der Waals surface area (Å²) >= 11 is 0. The summed E-state index contributed by atoms with van der Waals surface area (Å²) < 4.78 is 14.9. The fourth-order valence-electron chi connectivity index (χ4n) is 1.30. The van der Waals surface area contributed by atoms with Crippen LogP contribution in [-0.2, 0) is 11.2 Å². The molecule has 0 fully saturated rings. The molecule has 0 aliphatic rings. The molecule has 0 saturated heterocycles. The average Bonchev–Trinajstić information content (AvgIpc) is 2.86. The zero-order chi connectivity index (χ0) is 11.4. The van der Waals surface area contributed by atoms with Crippen molar-refractivity contribution < 1.29 is 18.8 Å². The molecule has 0 amide bonds. The van der Waals surface area contributed by atoms with Crippen LogP contribution in [-0.4, -0.2) is 35.1 Å². The Bertz CT molecular complexity index is 424. The van der Waals surface area contributed by atoms with Crippen LogP contribution in [0.4, 0.5) is 0 Å². The van der Waals surface area contributed by atoms with Gasteiger partial charge >= 0.3 is 0 Å². The maximum Gasteiger partial charge on any atom is 0.238 e. The Kier molecular flexibility index (Phi) is 3.33. The maximum atomic E-state index is 9.47. The number of methoxy groups -OCH3 is 1. The first-order valence-electron chi connectivity index (χ1n) is 4.83. The predicted octanol–water partition coefficient (Wildman–Crippen LogP) is 0.879. The number of aliphatic hydroxyl groups excluding tert-OH is 1. The molecule has 1 N–H and O–H groups in total. The van der Waals surface area contributed by atoms with Crippen molar-refractivity contribution in [1.29, 1.82) is 0 Å². The normalized spacial score (nSPS) is 12.9. The van der Waals surface area contributed by atoms with Gasteiger partial charge in [-0.2, -0.15) is 4.98 Å².